The van der Waals surface area contributed by atoms with Crippen molar-refractivity contribution in [3.63, 3.8) is 0 Å². The van der Waals surface area contributed by atoms with Gasteiger partial charge in [0.2, 0.25) is 0 Å². The number of methoxy groups -OCH3 is 1. The number of amides is 1. The van der Waals surface area contributed by atoms with E-state index < -0.39 is 18.0 Å². The molecule has 2 aromatic carbocycles. The van der Waals surface area contributed by atoms with Crippen molar-refractivity contribution in [1.29, 1.82) is 0 Å². The highest BCUT2D eigenvalue weighted by Gasteiger charge is 2.22. The van der Waals surface area contributed by atoms with Crippen LogP contribution in [0.4, 0.5) is 5.69 Å². The number of carbonyl (C=O) groups excluding carboxylic acids is 2. The van der Waals surface area contributed by atoms with E-state index in [0.717, 1.165) is 6.42 Å². The van der Waals surface area contributed by atoms with Gasteiger partial charge in [-0.15, -0.1) is 0 Å². The van der Waals surface area contributed by atoms with Gasteiger partial charge in [0.1, 0.15) is 0 Å². The van der Waals surface area contributed by atoms with E-state index in [0.29, 0.717) is 33.3 Å². The molecule has 0 aliphatic rings. The molecule has 2 aromatic rings. The fourth-order valence-corrected chi connectivity index (χ4v) is 3.00. The van der Waals surface area contributed by atoms with E-state index in [-0.39, 0.29) is 5.56 Å². The van der Waals surface area contributed by atoms with Gasteiger partial charge in [-0.2, -0.15) is 0 Å². The van der Waals surface area contributed by atoms with E-state index in [4.69, 9.17) is 25.8 Å². The van der Waals surface area contributed by atoms with Gasteiger partial charge in [0.15, 0.2) is 17.6 Å². The van der Waals surface area contributed by atoms with Crippen LogP contribution in [0.15, 0.2) is 40.9 Å². The van der Waals surface area contributed by atoms with Crippen LogP contribution in [0.5, 0.6) is 11.5 Å². The van der Waals surface area contributed by atoms with Crippen LogP contribution >= 0.6 is 27.5 Å². The SMILES string of the molecule is CCCOc1c(Br)cc(C(=O)OC(C)C(=O)Nc2ccccc2Cl)cc1OC. The Morgan fingerprint density at radius 2 is 1.96 bits per heavy atom. The van der Waals surface area contributed by atoms with Crippen LogP contribution in [0.25, 0.3) is 0 Å². The predicted molar refractivity (Wildman–Crippen MR) is 111 cm³/mol. The molecule has 0 fully saturated rings. The van der Waals surface area contributed by atoms with Crippen LogP contribution in [-0.2, 0) is 9.53 Å². The number of esters is 1. The molecule has 8 heteroatoms. The minimum absolute atomic E-state index is 0.227. The summed E-state index contributed by atoms with van der Waals surface area (Å²) in [6.07, 6.45) is -0.193. The summed E-state index contributed by atoms with van der Waals surface area (Å²) in [5, 5.41) is 3.03. The van der Waals surface area contributed by atoms with E-state index in [1.54, 1.807) is 30.3 Å². The Kier molecular flexibility index (Phi) is 8.14. The topological polar surface area (TPSA) is 73.9 Å². The van der Waals surface area contributed by atoms with Crippen LogP contribution in [-0.4, -0.2) is 31.7 Å². The number of nitrogens with one attached hydrogen (secondary N) is 1. The fraction of sp³-hybridized carbons (Fsp3) is 0.300. The molecule has 2 rings (SSSR count). The number of rotatable bonds is 8. The zero-order valence-corrected chi connectivity index (χ0v) is 18.1. The molecule has 0 spiro atoms. The lowest BCUT2D eigenvalue weighted by molar-refractivity contribution is -0.123. The molecule has 6 nitrogen and oxygen atoms in total. The first-order valence-corrected chi connectivity index (χ1v) is 9.81. The standard InChI is InChI=1S/C20H21BrClNO5/c1-4-9-27-18-14(21)10-13(11-17(18)26-3)20(25)28-12(2)19(24)23-16-8-6-5-7-15(16)22/h5-8,10-12H,4,9H2,1-3H3,(H,23,24). The molecule has 0 aromatic heterocycles. The molecule has 0 saturated heterocycles. The van der Waals surface area contributed by atoms with Crippen molar-refractivity contribution in [3.05, 3.63) is 51.5 Å². The normalized spacial score (nSPS) is 11.5. The van der Waals surface area contributed by atoms with Crippen LogP contribution < -0.4 is 14.8 Å². The summed E-state index contributed by atoms with van der Waals surface area (Å²) in [6, 6.07) is 9.88. The molecular formula is C20H21BrClNO5. The third-order valence-corrected chi connectivity index (χ3v) is 4.62. The Balaban J connectivity index is 2.10. The molecule has 1 unspecified atom stereocenters. The molecule has 0 bridgehead atoms. The highest BCUT2D eigenvalue weighted by atomic mass is 79.9. The van der Waals surface area contributed by atoms with E-state index in [1.807, 2.05) is 6.92 Å². The van der Waals surface area contributed by atoms with Crippen molar-refractivity contribution >= 4 is 45.1 Å². The monoisotopic (exact) mass is 469 g/mol. The number of para-hydroxylation sites is 1. The lowest BCUT2D eigenvalue weighted by Gasteiger charge is -2.16. The Bertz CT molecular complexity index is 858. The van der Waals surface area contributed by atoms with E-state index in [2.05, 4.69) is 21.2 Å². The molecule has 1 N–H and O–H groups in total. The summed E-state index contributed by atoms with van der Waals surface area (Å²) in [5.41, 5.74) is 0.670. The molecular weight excluding hydrogens is 450 g/mol. The average Bonchev–Trinajstić information content (AvgIpc) is 2.68. The van der Waals surface area contributed by atoms with E-state index in [9.17, 15) is 9.59 Å². The average molecular weight is 471 g/mol. The summed E-state index contributed by atoms with van der Waals surface area (Å²) in [6.45, 7) is 3.98. The Morgan fingerprint density at radius 3 is 2.61 bits per heavy atom. The smallest absolute Gasteiger partial charge is 0.339 e. The van der Waals surface area contributed by atoms with Crippen LogP contribution in [0.2, 0.25) is 5.02 Å². The quantitative estimate of drug-likeness (QED) is 0.544. The predicted octanol–water partition coefficient (Wildman–Crippen LogP) is 5.08. The van der Waals surface area contributed by atoms with Gasteiger partial charge in [0, 0.05) is 0 Å². The second-order valence-electron chi connectivity index (χ2n) is 5.85. The van der Waals surface area contributed by atoms with Crippen molar-refractivity contribution in [2.75, 3.05) is 19.0 Å². The van der Waals surface area contributed by atoms with Gasteiger partial charge in [-0.3, -0.25) is 4.79 Å². The van der Waals surface area contributed by atoms with Crippen molar-refractivity contribution in [2.45, 2.75) is 26.4 Å². The molecule has 0 aliphatic heterocycles. The molecule has 28 heavy (non-hydrogen) atoms. The number of anilines is 1. The maximum absolute atomic E-state index is 12.5. The number of carbonyl (C=O) groups is 2. The molecule has 150 valence electrons. The Labute approximate surface area is 177 Å². The van der Waals surface area contributed by atoms with E-state index in [1.165, 1.54) is 20.1 Å². The third-order valence-electron chi connectivity index (χ3n) is 3.70. The largest absolute Gasteiger partial charge is 0.493 e. The van der Waals surface area contributed by atoms with Gasteiger partial charge in [0.25, 0.3) is 5.91 Å². The molecule has 1 amide bonds. The zero-order chi connectivity index (χ0) is 20.7. The van der Waals surface area contributed by atoms with Crippen molar-refractivity contribution in [1.82, 2.24) is 0 Å². The number of halogens is 2. The minimum atomic E-state index is -1.02. The fourth-order valence-electron chi connectivity index (χ4n) is 2.26. The third kappa shape index (κ3) is 5.62. The lowest BCUT2D eigenvalue weighted by atomic mass is 10.2. The van der Waals surface area contributed by atoms with Gasteiger partial charge in [-0.05, 0) is 53.5 Å². The minimum Gasteiger partial charge on any atom is -0.493 e. The Hall–Kier alpha value is -2.25. The van der Waals surface area contributed by atoms with Crippen molar-refractivity contribution in [2.24, 2.45) is 0 Å². The first-order valence-electron chi connectivity index (χ1n) is 8.64. The first-order chi connectivity index (χ1) is 13.4. The molecule has 0 saturated carbocycles. The number of benzene rings is 2. The maximum Gasteiger partial charge on any atom is 0.339 e. The van der Waals surface area contributed by atoms with Gasteiger partial charge in [-0.25, -0.2) is 4.79 Å². The van der Waals surface area contributed by atoms with Gasteiger partial charge in [0.05, 0.1) is 34.5 Å². The molecule has 0 heterocycles. The Morgan fingerprint density at radius 1 is 1.25 bits per heavy atom. The number of hydrogen-bond acceptors (Lipinski definition) is 5. The van der Waals surface area contributed by atoms with Crippen molar-refractivity contribution in [3.8, 4) is 11.5 Å². The van der Waals surface area contributed by atoms with Gasteiger partial charge in [-0.1, -0.05) is 30.7 Å². The van der Waals surface area contributed by atoms with Crippen LogP contribution in [0, 0.1) is 0 Å². The number of ether oxygens (including phenoxy) is 3. The summed E-state index contributed by atoms with van der Waals surface area (Å²) in [5.74, 6) is -0.258. The highest BCUT2D eigenvalue weighted by molar-refractivity contribution is 9.10. The van der Waals surface area contributed by atoms with Crippen LogP contribution in [0.1, 0.15) is 30.6 Å². The maximum atomic E-state index is 12.5. The first kappa shape index (κ1) is 22.0. The molecule has 0 radical (unpaired) electrons. The van der Waals surface area contributed by atoms with E-state index >= 15 is 0 Å². The number of hydrogen-bond donors (Lipinski definition) is 1. The van der Waals surface area contributed by atoms with Crippen LogP contribution in [0.3, 0.4) is 0 Å². The summed E-state index contributed by atoms with van der Waals surface area (Å²) in [7, 11) is 1.48. The van der Waals surface area contributed by atoms with Gasteiger partial charge >= 0.3 is 5.97 Å². The second kappa shape index (κ2) is 10.3. The van der Waals surface area contributed by atoms with Gasteiger partial charge < -0.3 is 19.5 Å². The molecule has 1 atom stereocenters. The second-order valence-corrected chi connectivity index (χ2v) is 7.12. The highest BCUT2D eigenvalue weighted by Crippen LogP contribution is 2.37. The summed E-state index contributed by atoms with van der Waals surface area (Å²) < 4.78 is 16.8. The zero-order valence-electron chi connectivity index (χ0n) is 15.8. The molecule has 0 aliphatic carbocycles. The van der Waals surface area contributed by atoms with Crippen molar-refractivity contribution < 1.29 is 23.8 Å². The summed E-state index contributed by atoms with van der Waals surface area (Å²) >= 11 is 9.40. The summed E-state index contributed by atoms with van der Waals surface area (Å²) in [4.78, 5) is 24.8. The lowest BCUT2D eigenvalue weighted by Crippen LogP contribution is -2.30.